The lowest BCUT2D eigenvalue weighted by molar-refractivity contribution is -0.145. The molecule has 4 aliphatic rings. The normalized spacial score (nSPS) is 41.6. The Labute approximate surface area is 153 Å². The van der Waals surface area contributed by atoms with Crippen LogP contribution in [0.3, 0.4) is 0 Å². The summed E-state index contributed by atoms with van der Waals surface area (Å²) in [6.07, 6.45) is 10.3. The fraction of sp³-hybridized carbons (Fsp3) is 0.650. The number of hydrogen-bond acceptors (Lipinski definition) is 4. The first-order valence-electron chi connectivity index (χ1n) is 9.63. The van der Waals surface area contributed by atoms with Crippen LogP contribution in [0.1, 0.15) is 39.0 Å². The summed E-state index contributed by atoms with van der Waals surface area (Å²) in [4.78, 5) is 39.1. The predicted molar refractivity (Wildman–Crippen MR) is 94.3 cm³/mol. The number of hydrogen-bond donors (Lipinski definition) is 2. The van der Waals surface area contributed by atoms with Gasteiger partial charge in [0.15, 0.2) is 11.5 Å². The largest absolute Gasteiger partial charge is 0.369 e. The van der Waals surface area contributed by atoms with Gasteiger partial charge in [0.2, 0.25) is 5.91 Å². The second-order valence-corrected chi connectivity index (χ2v) is 8.29. The zero-order valence-electron chi connectivity index (χ0n) is 15.1. The van der Waals surface area contributed by atoms with Gasteiger partial charge in [-0.05, 0) is 43.1 Å². The van der Waals surface area contributed by atoms with Gasteiger partial charge in [-0.1, -0.05) is 31.9 Å². The molecule has 2 aliphatic heterocycles. The molecule has 2 heterocycles. The third-order valence-electron chi connectivity index (χ3n) is 6.90. The summed E-state index contributed by atoms with van der Waals surface area (Å²) in [5.41, 5.74) is 3.69. The number of ketones is 1. The number of primary amides is 1. The summed E-state index contributed by atoms with van der Waals surface area (Å²) in [5.74, 6) is -1.68. The lowest BCUT2D eigenvalue weighted by atomic mass is 9.63. The zero-order valence-corrected chi connectivity index (χ0v) is 15.1. The molecule has 0 bridgehead atoms. The highest BCUT2D eigenvalue weighted by Crippen LogP contribution is 2.46. The van der Waals surface area contributed by atoms with E-state index in [1.54, 1.807) is 0 Å². The first-order chi connectivity index (χ1) is 12.3. The minimum absolute atomic E-state index is 0.0370. The van der Waals surface area contributed by atoms with Crippen molar-refractivity contribution in [3.8, 4) is 0 Å². The summed E-state index contributed by atoms with van der Waals surface area (Å²) in [6.45, 7) is 2.26. The minimum Gasteiger partial charge on any atom is -0.369 e. The molecule has 6 unspecified atom stereocenters. The molecule has 6 heteroatoms. The molecule has 1 saturated heterocycles. The number of allylic oxidation sites excluding steroid dienone is 2. The van der Waals surface area contributed by atoms with E-state index in [0.717, 1.165) is 19.3 Å². The van der Waals surface area contributed by atoms with Crippen molar-refractivity contribution in [2.24, 2.45) is 35.3 Å². The molecule has 0 spiro atoms. The van der Waals surface area contributed by atoms with Crippen molar-refractivity contribution in [2.75, 3.05) is 6.54 Å². The van der Waals surface area contributed by atoms with Crippen molar-refractivity contribution >= 4 is 17.6 Å². The number of fused-ring (bicyclic) bond motifs is 2. The van der Waals surface area contributed by atoms with Gasteiger partial charge < -0.3 is 15.7 Å². The number of aliphatic hydroxyl groups is 1. The monoisotopic (exact) mass is 358 g/mol. The molecule has 6 nitrogen and oxygen atoms in total. The molecule has 2 fully saturated rings. The van der Waals surface area contributed by atoms with Gasteiger partial charge in [0, 0.05) is 12.5 Å². The van der Waals surface area contributed by atoms with Gasteiger partial charge in [-0.15, -0.1) is 0 Å². The van der Waals surface area contributed by atoms with Gasteiger partial charge in [0.25, 0.3) is 5.91 Å². The average Bonchev–Trinajstić information content (AvgIpc) is 3.07. The van der Waals surface area contributed by atoms with Gasteiger partial charge in [-0.2, -0.15) is 0 Å². The molecule has 140 valence electrons. The first-order valence-corrected chi connectivity index (χ1v) is 9.63. The van der Waals surface area contributed by atoms with E-state index in [1.807, 2.05) is 6.92 Å². The molecule has 0 aromatic heterocycles. The fourth-order valence-corrected chi connectivity index (χ4v) is 5.54. The SMILES string of the molecule is CC1C=CC2CCCCC2C1C(=O)C1=CC2(O)C(C(N)=O)CCN2C1=O. The van der Waals surface area contributed by atoms with E-state index < -0.39 is 23.5 Å². The molecule has 6 atom stereocenters. The maximum absolute atomic E-state index is 13.3. The highest BCUT2D eigenvalue weighted by Gasteiger charge is 2.57. The van der Waals surface area contributed by atoms with Crippen LogP contribution < -0.4 is 5.73 Å². The van der Waals surface area contributed by atoms with Crippen LogP contribution in [0.4, 0.5) is 0 Å². The maximum Gasteiger partial charge on any atom is 0.259 e. The number of carbonyl (C=O) groups is 3. The number of carbonyl (C=O) groups excluding carboxylic acids is 3. The third-order valence-corrected chi connectivity index (χ3v) is 6.90. The van der Waals surface area contributed by atoms with Crippen LogP contribution in [0.5, 0.6) is 0 Å². The van der Waals surface area contributed by atoms with E-state index in [4.69, 9.17) is 5.73 Å². The molecule has 0 aromatic rings. The van der Waals surface area contributed by atoms with Gasteiger partial charge in [-0.3, -0.25) is 14.4 Å². The Morgan fingerprint density at radius 2 is 1.96 bits per heavy atom. The number of amides is 2. The van der Waals surface area contributed by atoms with Crippen molar-refractivity contribution in [3.05, 3.63) is 23.8 Å². The van der Waals surface area contributed by atoms with Crippen LogP contribution in [-0.2, 0) is 14.4 Å². The molecule has 3 N–H and O–H groups in total. The van der Waals surface area contributed by atoms with Crippen LogP contribution in [0.2, 0.25) is 0 Å². The van der Waals surface area contributed by atoms with E-state index >= 15 is 0 Å². The standard InChI is InChI=1S/C20H26N2O4/c1-11-6-7-12-4-2-3-5-13(12)16(11)17(23)14-10-20(26)15(18(21)24)8-9-22(20)19(14)25/h6-7,10-13,15-16,26H,2-5,8-9H2,1H3,(H2,21,24). The second kappa shape index (κ2) is 6.05. The summed E-state index contributed by atoms with van der Waals surface area (Å²) in [6, 6.07) is 0. The second-order valence-electron chi connectivity index (χ2n) is 8.29. The quantitative estimate of drug-likeness (QED) is 0.584. The van der Waals surface area contributed by atoms with E-state index in [0.29, 0.717) is 12.3 Å². The molecule has 2 amide bonds. The molecule has 0 aromatic carbocycles. The molecule has 0 radical (unpaired) electrons. The van der Waals surface area contributed by atoms with Crippen molar-refractivity contribution in [1.82, 2.24) is 4.90 Å². The topological polar surface area (TPSA) is 101 Å². The Kier molecular flexibility index (Phi) is 4.06. The lowest BCUT2D eigenvalue weighted by Crippen LogP contribution is -2.48. The lowest BCUT2D eigenvalue weighted by Gasteiger charge is -2.40. The molecule has 1 saturated carbocycles. The van der Waals surface area contributed by atoms with Gasteiger partial charge in [-0.25, -0.2) is 0 Å². The van der Waals surface area contributed by atoms with Gasteiger partial charge >= 0.3 is 0 Å². The molecular weight excluding hydrogens is 332 g/mol. The number of rotatable bonds is 3. The molecule has 26 heavy (non-hydrogen) atoms. The van der Waals surface area contributed by atoms with Crippen LogP contribution in [0.15, 0.2) is 23.8 Å². The Bertz CT molecular complexity index is 727. The van der Waals surface area contributed by atoms with Gasteiger partial charge in [0.05, 0.1) is 11.5 Å². The number of Topliss-reactive ketones (excluding diaryl/α,β-unsaturated/α-hetero) is 1. The highest BCUT2D eigenvalue weighted by molar-refractivity contribution is 6.22. The van der Waals surface area contributed by atoms with Crippen LogP contribution >= 0.6 is 0 Å². The predicted octanol–water partition coefficient (Wildman–Crippen LogP) is 1.15. The summed E-state index contributed by atoms with van der Waals surface area (Å²) in [7, 11) is 0. The van der Waals surface area contributed by atoms with Crippen molar-refractivity contribution in [2.45, 2.75) is 44.8 Å². The Morgan fingerprint density at radius 3 is 2.69 bits per heavy atom. The van der Waals surface area contributed by atoms with Crippen LogP contribution in [0.25, 0.3) is 0 Å². The van der Waals surface area contributed by atoms with E-state index in [9.17, 15) is 19.5 Å². The number of nitrogens with two attached hydrogens (primary N) is 1. The first kappa shape index (κ1) is 17.5. The summed E-state index contributed by atoms with van der Waals surface area (Å²) >= 11 is 0. The van der Waals surface area contributed by atoms with Crippen molar-refractivity contribution < 1.29 is 19.5 Å². The van der Waals surface area contributed by atoms with E-state index in [-0.39, 0.29) is 35.7 Å². The Hall–Kier alpha value is -1.95. The third kappa shape index (κ3) is 2.38. The number of nitrogens with zero attached hydrogens (tertiary/aromatic N) is 1. The van der Waals surface area contributed by atoms with Crippen molar-refractivity contribution in [1.29, 1.82) is 0 Å². The molecule has 4 rings (SSSR count). The average molecular weight is 358 g/mol. The minimum atomic E-state index is -1.74. The maximum atomic E-state index is 13.3. The molecule has 2 aliphatic carbocycles. The van der Waals surface area contributed by atoms with E-state index in [1.165, 1.54) is 17.4 Å². The van der Waals surface area contributed by atoms with Crippen molar-refractivity contribution in [3.63, 3.8) is 0 Å². The smallest absolute Gasteiger partial charge is 0.259 e. The van der Waals surface area contributed by atoms with Crippen LogP contribution in [-0.4, -0.2) is 39.9 Å². The summed E-state index contributed by atoms with van der Waals surface area (Å²) in [5, 5.41) is 10.9. The highest BCUT2D eigenvalue weighted by atomic mass is 16.3. The Morgan fingerprint density at radius 1 is 1.23 bits per heavy atom. The summed E-state index contributed by atoms with van der Waals surface area (Å²) < 4.78 is 0. The Balaban J connectivity index is 1.67. The van der Waals surface area contributed by atoms with Crippen LogP contribution in [0, 0.1) is 29.6 Å². The molecular formula is C20H26N2O4. The zero-order chi connectivity index (χ0) is 18.6. The van der Waals surface area contributed by atoms with E-state index in [2.05, 4.69) is 12.2 Å². The van der Waals surface area contributed by atoms with Gasteiger partial charge in [0.1, 0.15) is 0 Å². The fourth-order valence-electron chi connectivity index (χ4n) is 5.54.